The van der Waals surface area contributed by atoms with Gasteiger partial charge in [0.15, 0.2) is 0 Å². The normalized spacial score (nSPS) is 11.2. The van der Waals surface area contributed by atoms with E-state index in [1.165, 1.54) is 51.4 Å². The molecule has 0 unspecified atom stereocenters. The van der Waals surface area contributed by atoms with E-state index < -0.39 is 0 Å². The predicted molar refractivity (Wildman–Crippen MR) is 88.1 cm³/mol. The van der Waals surface area contributed by atoms with E-state index in [2.05, 4.69) is 9.68 Å². The van der Waals surface area contributed by atoms with Crippen molar-refractivity contribution in [3.05, 3.63) is 0 Å². The second-order valence-electron chi connectivity index (χ2n) is 5.50. The number of rotatable bonds is 19. The van der Waals surface area contributed by atoms with Crippen LogP contribution in [0.1, 0.15) is 64.2 Å². The first-order valence-electron chi connectivity index (χ1n) is 8.70. The molecule has 22 heavy (non-hydrogen) atoms. The molecule has 6 heteroatoms. The quantitative estimate of drug-likeness (QED) is 0.281. The van der Waals surface area contributed by atoms with Gasteiger partial charge in [0.2, 0.25) is 0 Å². The van der Waals surface area contributed by atoms with Gasteiger partial charge in [0.25, 0.3) is 0 Å². The van der Waals surface area contributed by atoms with Gasteiger partial charge in [0, 0.05) is 6.61 Å². The van der Waals surface area contributed by atoms with Crippen molar-refractivity contribution in [3.63, 3.8) is 0 Å². The molecular weight excluding hydrogens is 284 g/mol. The third kappa shape index (κ3) is 19.8. The van der Waals surface area contributed by atoms with Crippen LogP contribution in [-0.4, -0.2) is 39.6 Å². The smallest absolute Gasteiger partial charge is 0.0913 e. The van der Waals surface area contributed by atoms with Gasteiger partial charge in [-0.05, 0) is 12.8 Å². The van der Waals surface area contributed by atoms with Gasteiger partial charge in [-0.3, -0.25) is 0 Å². The van der Waals surface area contributed by atoms with Crippen molar-refractivity contribution in [2.24, 2.45) is 11.8 Å². The van der Waals surface area contributed by atoms with Crippen molar-refractivity contribution < 1.29 is 19.1 Å². The van der Waals surface area contributed by atoms with Crippen LogP contribution >= 0.6 is 0 Å². The van der Waals surface area contributed by atoms with Crippen LogP contribution in [-0.2, 0) is 19.1 Å². The maximum atomic E-state index is 5.49. The highest BCUT2D eigenvalue weighted by molar-refractivity contribution is 4.48. The summed E-state index contributed by atoms with van der Waals surface area (Å²) in [7, 11) is 0. The Morgan fingerprint density at radius 2 is 0.727 bits per heavy atom. The molecule has 4 N–H and O–H groups in total. The number of unbranched alkanes of at least 4 members (excludes halogenated alkanes) is 9. The molecule has 0 saturated heterocycles. The van der Waals surface area contributed by atoms with E-state index in [0.717, 1.165) is 19.4 Å². The van der Waals surface area contributed by atoms with E-state index in [1.54, 1.807) is 0 Å². The maximum absolute atomic E-state index is 5.49. The fourth-order valence-corrected chi connectivity index (χ4v) is 2.23. The lowest BCUT2D eigenvalue weighted by molar-refractivity contribution is 0.0136. The Hall–Kier alpha value is -0.240. The summed E-state index contributed by atoms with van der Waals surface area (Å²) in [5, 5.41) is 0. The fraction of sp³-hybridized carbons (Fsp3) is 1.00. The Balaban J connectivity index is 2.91. The summed E-state index contributed by atoms with van der Waals surface area (Å²) in [5.74, 6) is 9.86. The predicted octanol–water partition coefficient (Wildman–Crippen LogP) is 2.70. The molecule has 0 atom stereocenters. The minimum Gasteiger partial charge on any atom is -0.379 e. The molecule has 134 valence electrons. The van der Waals surface area contributed by atoms with E-state index in [1.807, 2.05) is 0 Å². The first-order valence-corrected chi connectivity index (χ1v) is 8.70. The van der Waals surface area contributed by atoms with Gasteiger partial charge in [-0.25, -0.2) is 11.8 Å². The van der Waals surface area contributed by atoms with Crippen LogP contribution in [0.4, 0.5) is 0 Å². The molecule has 0 fully saturated rings. The summed E-state index contributed by atoms with van der Waals surface area (Å²) < 4.78 is 10.7. The lowest BCUT2D eigenvalue weighted by Gasteiger charge is -2.05. The number of nitrogens with two attached hydrogens (primary N) is 2. The van der Waals surface area contributed by atoms with Crippen LogP contribution < -0.4 is 11.8 Å². The van der Waals surface area contributed by atoms with Crippen LogP contribution in [0.3, 0.4) is 0 Å². The van der Waals surface area contributed by atoms with Crippen molar-refractivity contribution in [3.8, 4) is 0 Å². The van der Waals surface area contributed by atoms with Crippen molar-refractivity contribution in [2.75, 3.05) is 39.6 Å². The minimum atomic E-state index is 0.433. The topological polar surface area (TPSA) is 89.0 Å². The Morgan fingerprint density at radius 3 is 1.23 bits per heavy atom. The van der Waals surface area contributed by atoms with Gasteiger partial charge in [0.1, 0.15) is 0 Å². The molecule has 0 aliphatic heterocycles. The Kier molecular flexibility index (Phi) is 20.5. The monoisotopic (exact) mass is 320 g/mol. The van der Waals surface area contributed by atoms with E-state index in [4.69, 9.17) is 21.3 Å². The van der Waals surface area contributed by atoms with Gasteiger partial charge in [-0.1, -0.05) is 51.4 Å². The molecule has 0 aromatic rings. The molecular formula is C16H36N2O4. The Bertz CT molecular complexity index is 177. The lowest BCUT2D eigenvalue weighted by Crippen LogP contribution is -2.11. The van der Waals surface area contributed by atoms with Crippen molar-refractivity contribution >= 4 is 0 Å². The summed E-state index contributed by atoms with van der Waals surface area (Å²) in [6.45, 7) is 3.75. The molecule has 0 aliphatic rings. The number of hydrogen-bond donors (Lipinski definition) is 2. The zero-order valence-corrected chi connectivity index (χ0v) is 14.1. The molecule has 0 aliphatic carbocycles. The van der Waals surface area contributed by atoms with Crippen molar-refractivity contribution in [1.29, 1.82) is 0 Å². The molecule has 0 aromatic heterocycles. The molecule has 0 heterocycles. The molecule has 0 rings (SSSR count). The molecule has 0 amide bonds. The summed E-state index contributed by atoms with van der Waals surface area (Å²) in [6, 6.07) is 0. The van der Waals surface area contributed by atoms with Crippen LogP contribution in [0.15, 0.2) is 0 Å². The fourth-order valence-electron chi connectivity index (χ4n) is 2.23. The Labute approximate surface area is 135 Å². The van der Waals surface area contributed by atoms with Crippen molar-refractivity contribution in [1.82, 2.24) is 0 Å². The summed E-state index contributed by atoms with van der Waals surface area (Å²) in [6.07, 6.45) is 12.7. The molecule has 0 spiro atoms. The van der Waals surface area contributed by atoms with Gasteiger partial charge >= 0.3 is 0 Å². The standard InChI is InChI=1S/C16H36N2O4/c17-21-12-10-8-6-4-2-1-3-5-7-9-11-19-13-14-20-15-16-22-18/h1-18H2. The highest BCUT2D eigenvalue weighted by Crippen LogP contribution is 2.10. The molecule has 0 bridgehead atoms. The van der Waals surface area contributed by atoms with Gasteiger partial charge in [-0.15, -0.1) is 0 Å². The average molecular weight is 320 g/mol. The Morgan fingerprint density at radius 1 is 0.364 bits per heavy atom. The van der Waals surface area contributed by atoms with E-state index in [0.29, 0.717) is 33.0 Å². The molecule has 0 aromatic carbocycles. The largest absolute Gasteiger partial charge is 0.379 e. The van der Waals surface area contributed by atoms with Crippen LogP contribution in [0, 0.1) is 0 Å². The summed E-state index contributed by atoms with van der Waals surface area (Å²) in [5.41, 5.74) is 0. The van der Waals surface area contributed by atoms with Crippen molar-refractivity contribution in [2.45, 2.75) is 64.2 Å². The second-order valence-corrected chi connectivity index (χ2v) is 5.50. The van der Waals surface area contributed by atoms with E-state index in [-0.39, 0.29) is 0 Å². The summed E-state index contributed by atoms with van der Waals surface area (Å²) in [4.78, 5) is 8.94. The van der Waals surface area contributed by atoms with Crippen LogP contribution in [0.25, 0.3) is 0 Å². The maximum Gasteiger partial charge on any atom is 0.0913 e. The SMILES string of the molecule is NOCCCCCCCCCCCCOCCOCCON. The third-order valence-electron chi connectivity index (χ3n) is 3.52. The molecule has 0 radical (unpaired) electrons. The average Bonchev–Trinajstić information content (AvgIpc) is 2.54. The second kappa shape index (κ2) is 20.8. The zero-order valence-electron chi connectivity index (χ0n) is 14.1. The molecule has 0 saturated carbocycles. The van der Waals surface area contributed by atoms with Gasteiger partial charge in [-0.2, -0.15) is 0 Å². The zero-order chi connectivity index (χ0) is 16.1. The van der Waals surface area contributed by atoms with E-state index in [9.17, 15) is 0 Å². The minimum absolute atomic E-state index is 0.433. The highest BCUT2D eigenvalue weighted by Gasteiger charge is 1.94. The third-order valence-corrected chi connectivity index (χ3v) is 3.52. The summed E-state index contributed by atoms with van der Waals surface area (Å²) >= 11 is 0. The highest BCUT2D eigenvalue weighted by atomic mass is 16.6. The first kappa shape index (κ1) is 21.8. The lowest BCUT2D eigenvalue weighted by atomic mass is 10.1. The first-order chi connectivity index (χ1) is 10.9. The number of hydrogen-bond acceptors (Lipinski definition) is 6. The van der Waals surface area contributed by atoms with Crippen LogP contribution in [0.2, 0.25) is 0 Å². The van der Waals surface area contributed by atoms with Gasteiger partial charge in [0.05, 0.1) is 33.0 Å². The van der Waals surface area contributed by atoms with E-state index >= 15 is 0 Å². The molecule has 6 nitrogen and oxygen atoms in total. The van der Waals surface area contributed by atoms with Gasteiger partial charge < -0.3 is 19.1 Å². The number of ether oxygens (including phenoxy) is 2. The van der Waals surface area contributed by atoms with Crippen LogP contribution in [0.5, 0.6) is 0 Å².